The maximum absolute atomic E-state index is 13.5. The molecule has 0 fully saturated rings. The summed E-state index contributed by atoms with van der Waals surface area (Å²) in [6.45, 7) is 2.16. The molecular weight excluding hydrogens is 287 g/mol. The number of anilines is 1. The Morgan fingerprint density at radius 3 is 2.82 bits per heavy atom. The first-order chi connectivity index (χ1) is 10.6. The fourth-order valence-corrected chi connectivity index (χ4v) is 1.89. The van der Waals surface area contributed by atoms with Gasteiger partial charge in [0.05, 0.1) is 12.0 Å². The Morgan fingerprint density at radius 1 is 1.27 bits per heavy atom. The van der Waals surface area contributed by atoms with Crippen molar-refractivity contribution in [2.24, 2.45) is 0 Å². The van der Waals surface area contributed by atoms with E-state index in [4.69, 9.17) is 4.42 Å². The van der Waals surface area contributed by atoms with Gasteiger partial charge in [-0.3, -0.25) is 9.59 Å². The molecule has 0 spiro atoms. The van der Waals surface area contributed by atoms with Gasteiger partial charge < -0.3 is 15.1 Å². The normalized spacial score (nSPS) is 10.3. The molecule has 0 saturated carbocycles. The monoisotopic (exact) mass is 304 g/mol. The van der Waals surface area contributed by atoms with Crippen LogP contribution in [0.25, 0.3) is 0 Å². The number of carbonyl (C=O) groups excluding carboxylic acids is 2. The minimum atomic E-state index is -0.468. The van der Waals surface area contributed by atoms with Crippen molar-refractivity contribution in [3.63, 3.8) is 0 Å². The molecule has 22 heavy (non-hydrogen) atoms. The Bertz CT molecular complexity index is 653. The lowest BCUT2D eigenvalue weighted by atomic mass is 10.2. The fourth-order valence-electron chi connectivity index (χ4n) is 1.89. The van der Waals surface area contributed by atoms with Gasteiger partial charge in [0.2, 0.25) is 5.91 Å². The van der Waals surface area contributed by atoms with Crippen molar-refractivity contribution in [1.82, 2.24) is 5.32 Å². The van der Waals surface area contributed by atoms with Gasteiger partial charge in [-0.05, 0) is 43.2 Å². The van der Waals surface area contributed by atoms with E-state index in [0.29, 0.717) is 13.0 Å². The Balaban J connectivity index is 1.72. The number of amides is 2. The topological polar surface area (TPSA) is 71.3 Å². The van der Waals surface area contributed by atoms with Crippen LogP contribution in [-0.2, 0) is 4.79 Å². The number of halogens is 1. The van der Waals surface area contributed by atoms with Crippen molar-refractivity contribution in [2.75, 3.05) is 11.9 Å². The first-order valence-corrected chi connectivity index (χ1v) is 6.94. The summed E-state index contributed by atoms with van der Waals surface area (Å²) < 4.78 is 18.4. The van der Waals surface area contributed by atoms with Crippen LogP contribution in [0.1, 0.15) is 29.0 Å². The van der Waals surface area contributed by atoms with Crippen LogP contribution in [0, 0.1) is 12.7 Å². The number of carbonyl (C=O) groups is 2. The molecule has 0 aliphatic carbocycles. The third-order valence-corrected chi connectivity index (χ3v) is 3.01. The quantitative estimate of drug-likeness (QED) is 0.806. The fraction of sp³-hybridized carbons (Fsp3) is 0.250. The first kappa shape index (κ1) is 15.8. The summed E-state index contributed by atoms with van der Waals surface area (Å²) in [5.41, 5.74) is 1.03. The minimum Gasteiger partial charge on any atom is -0.459 e. The molecule has 2 amide bonds. The lowest BCUT2D eigenvalue weighted by Gasteiger charge is -2.07. The summed E-state index contributed by atoms with van der Waals surface area (Å²) in [4.78, 5) is 23.3. The van der Waals surface area contributed by atoms with Crippen molar-refractivity contribution in [3.05, 3.63) is 53.7 Å². The number of aryl methyl sites for hydroxylation is 1. The molecule has 0 bridgehead atoms. The van der Waals surface area contributed by atoms with Crippen LogP contribution < -0.4 is 10.6 Å². The van der Waals surface area contributed by atoms with Crippen LogP contribution in [0.2, 0.25) is 0 Å². The molecule has 0 unspecified atom stereocenters. The second-order valence-corrected chi connectivity index (χ2v) is 4.87. The van der Waals surface area contributed by atoms with E-state index in [1.165, 1.54) is 12.3 Å². The molecule has 5 nitrogen and oxygen atoms in total. The molecule has 0 atom stereocenters. The molecular formula is C16H17FN2O3. The summed E-state index contributed by atoms with van der Waals surface area (Å²) in [5, 5.41) is 5.16. The summed E-state index contributed by atoms with van der Waals surface area (Å²) in [6, 6.07) is 7.71. The van der Waals surface area contributed by atoms with Crippen LogP contribution in [0.5, 0.6) is 0 Å². The van der Waals surface area contributed by atoms with Crippen LogP contribution in [0.15, 0.2) is 41.0 Å². The lowest BCUT2D eigenvalue weighted by molar-refractivity contribution is -0.116. The molecule has 1 aromatic carbocycles. The first-order valence-electron chi connectivity index (χ1n) is 6.94. The molecule has 6 heteroatoms. The third kappa shape index (κ3) is 4.44. The van der Waals surface area contributed by atoms with E-state index in [-0.39, 0.29) is 29.7 Å². The summed E-state index contributed by atoms with van der Waals surface area (Å²) >= 11 is 0. The molecule has 2 N–H and O–H groups in total. The van der Waals surface area contributed by atoms with Crippen LogP contribution in [0.4, 0.5) is 10.1 Å². The average molecular weight is 304 g/mol. The standard InChI is InChI=1S/C16H17FN2O3/c1-11-6-7-12(17)13(10-11)19-15(20)5-2-8-18-16(21)14-4-3-9-22-14/h3-4,6-7,9-10H,2,5,8H2,1H3,(H,18,21)(H,19,20). The van der Waals surface area contributed by atoms with Gasteiger partial charge in [0.25, 0.3) is 5.91 Å². The molecule has 116 valence electrons. The van der Waals surface area contributed by atoms with Gasteiger partial charge in [0.15, 0.2) is 5.76 Å². The molecule has 2 aromatic rings. The van der Waals surface area contributed by atoms with Crippen LogP contribution >= 0.6 is 0 Å². The number of furan rings is 1. The Hall–Kier alpha value is -2.63. The van der Waals surface area contributed by atoms with Gasteiger partial charge in [-0.2, -0.15) is 0 Å². The second kappa shape index (κ2) is 7.40. The van der Waals surface area contributed by atoms with Gasteiger partial charge in [0, 0.05) is 13.0 Å². The summed E-state index contributed by atoms with van der Waals surface area (Å²) in [7, 11) is 0. The molecule has 1 aromatic heterocycles. The zero-order valence-electron chi connectivity index (χ0n) is 12.2. The number of rotatable bonds is 6. The highest BCUT2D eigenvalue weighted by molar-refractivity contribution is 5.92. The number of nitrogens with one attached hydrogen (secondary N) is 2. The van der Waals surface area contributed by atoms with Crippen molar-refractivity contribution in [3.8, 4) is 0 Å². The highest BCUT2D eigenvalue weighted by Gasteiger charge is 2.09. The zero-order chi connectivity index (χ0) is 15.9. The average Bonchev–Trinajstić information content (AvgIpc) is 3.01. The number of hydrogen-bond acceptors (Lipinski definition) is 3. The SMILES string of the molecule is Cc1ccc(F)c(NC(=O)CCCNC(=O)c2ccco2)c1. The number of hydrogen-bond donors (Lipinski definition) is 2. The Kier molecular flexibility index (Phi) is 5.30. The van der Waals surface area contributed by atoms with Gasteiger partial charge in [-0.1, -0.05) is 6.07 Å². The summed E-state index contributed by atoms with van der Waals surface area (Å²) in [6.07, 6.45) is 2.05. The molecule has 1 heterocycles. The molecule has 0 aliphatic rings. The highest BCUT2D eigenvalue weighted by atomic mass is 19.1. The van der Waals surface area contributed by atoms with E-state index in [1.807, 2.05) is 6.92 Å². The van der Waals surface area contributed by atoms with Crippen molar-refractivity contribution in [2.45, 2.75) is 19.8 Å². The van der Waals surface area contributed by atoms with Gasteiger partial charge in [-0.15, -0.1) is 0 Å². The summed E-state index contributed by atoms with van der Waals surface area (Å²) in [5.74, 6) is -0.858. The van der Waals surface area contributed by atoms with Crippen molar-refractivity contribution in [1.29, 1.82) is 0 Å². The maximum atomic E-state index is 13.5. The molecule has 0 radical (unpaired) electrons. The predicted octanol–water partition coefficient (Wildman–Crippen LogP) is 2.88. The maximum Gasteiger partial charge on any atom is 0.286 e. The Labute approximate surface area is 127 Å². The highest BCUT2D eigenvalue weighted by Crippen LogP contribution is 2.15. The third-order valence-electron chi connectivity index (χ3n) is 3.01. The van der Waals surface area contributed by atoms with Crippen molar-refractivity contribution < 1.29 is 18.4 Å². The van der Waals surface area contributed by atoms with Crippen LogP contribution in [0.3, 0.4) is 0 Å². The smallest absolute Gasteiger partial charge is 0.286 e. The molecule has 2 rings (SSSR count). The van der Waals surface area contributed by atoms with Gasteiger partial charge in [-0.25, -0.2) is 4.39 Å². The zero-order valence-corrected chi connectivity index (χ0v) is 12.2. The van der Waals surface area contributed by atoms with Gasteiger partial charge >= 0.3 is 0 Å². The van der Waals surface area contributed by atoms with E-state index < -0.39 is 5.82 Å². The molecule has 0 aliphatic heterocycles. The largest absolute Gasteiger partial charge is 0.459 e. The van der Waals surface area contributed by atoms with E-state index in [0.717, 1.165) is 5.56 Å². The predicted molar refractivity (Wildman–Crippen MR) is 80.0 cm³/mol. The van der Waals surface area contributed by atoms with E-state index in [9.17, 15) is 14.0 Å². The van der Waals surface area contributed by atoms with E-state index >= 15 is 0 Å². The molecule has 0 saturated heterocycles. The van der Waals surface area contributed by atoms with Crippen LogP contribution in [-0.4, -0.2) is 18.4 Å². The Morgan fingerprint density at radius 2 is 2.09 bits per heavy atom. The number of benzene rings is 1. The second-order valence-electron chi connectivity index (χ2n) is 4.87. The van der Waals surface area contributed by atoms with E-state index in [2.05, 4.69) is 10.6 Å². The van der Waals surface area contributed by atoms with E-state index in [1.54, 1.807) is 24.3 Å². The van der Waals surface area contributed by atoms with Crippen molar-refractivity contribution >= 4 is 17.5 Å². The van der Waals surface area contributed by atoms with Gasteiger partial charge in [0.1, 0.15) is 5.82 Å². The lowest BCUT2D eigenvalue weighted by Crippen LogP contribution is -2.25. The minimum absolute atomic E-state index is 0.171.